The van der Waals surface area contributed by atoms with Crippen LogP contribution in [0.25, 0.3) is 10.8 Å². The van der Waals surface area contributed by atoms with Gasteiger partial charge in [-0.05, 0) is 31.2 Å². The Balaban J connectivity index is 1.60. The molecule has 2 heterocycles. The van der Waals surface area contributed by atoms with Crippen molar-refractivity contribution in [1.29, 1.82) is 0 Å². The molecule has 0 spiro atoms. The van der Waals surface area contributed by atoms with Gasteiger partial charge in [0.05, 0.1) is 11.1 Å². The second-order valence-electron chi connectivity index (χ2n) is 5.65. The van der Waals surface area contributed by atoms with Crippen LogP contribution in [0.15, 0.2) is 52.4 Å². The molecule has 0 radical (unpaired) electrons. The summed E-state index contributed by atoms with van der Waals surface area (Å²) in [5.74, 6) is 0.795. The van der Waals surface area contributed by atoms with Crippen LogP contribution in [0.5, 0.6) is 11.5 Å². The molecule has 1 aromatic heterocycles. The van der Waals surface area contributed by atoms with Gasteiger partial charge >= 0.3 is 0 Å². The Bertz CT molecular complexity index is 1100. The number of aromatic nitrogens is 2. The van der Waals surface area contributed by atoms with E-state index in [1.165, 1.54) is 0 Å². The van der Waals surface area contributed by atoms with E-state index in [9.17, 15) is 9.59 Å². The highest BCUT2D eigenvalue weighted by molar-refractivity contribution is 6.06. The zero-order valence-electron chi connectivity index (χ0n) is 13.8. The largest absolute Gasteiger partial charge is 0.454 e. The predicted octanol–water partition coefficient (Wildman–Crippen LogP) is 1.81. The summed E-state index contributed by atoms with van der Waals surface area (Å²) < 4.78 is 10.6. The van der Waals surface area contributed by atoms with Crippen LogP contribution in [-0.2, 0) is 0 Å². The standard InChI is InChI=1S/C18H14N4O4/c1-10(11-6-7-14-15(8-11)26-9-25-14)19-22-18(24)16-12-4-2-3-5-13(12)17(23)21-20-16/h2-8H,9H2,1H3,(H,21,23)(H,22,24)/b19-10-. The molecule has 0 bridgehead atoms. The molecule has 1 amide bonds. The number of amides is 1. The number of nitrogens with zero attached hydrogens (tertiary/aromatic N) is 2. The second-order valence-corrected chi connectivity index (χ2v) is 5.65. The van der Waals surface area contributed by atoms with Gasteiger partial charge in [-0.3, -0.25) is 9.59 Å². The predicted molar refractivity (Wildman–Crippen MR) is 94.6 cm³/mol. The maximum Gasteiger partial charge on any atom is 0.292 e. The van der Waals surface area contributed by atoms with E-state index < -0.39 is 5.91 Å². The lowest BCUT2D eigenvalue weighted by atomic mass is 10.1. The van der Waals surface area contributed by atoms with E-state index in [1.54, 1.807) is 43.3 Å². The first-order valence-corrected chi connectivity index (χ1v) is 7.85. The number of hydrazone groups is 1. The van der Waals surface area contributed by atoms with Gasteiger partial charge in [-0.2, -0.15) is 10.2 Å². The van der Waals surface area contributed by atoms with Gasteiger partial charge in [0, 0.05) is 10.9 Å². The third-order valence-electron chi connectivity index (χ3n) is 4.03. The fraction of sp³-hybridized carbons (Fsp3) is 0.111. The molecule has 2 aromatic carbocycles. The highest BCUT2D eigenvalue weighted by Gasteiger charge is 2.15. The molecule has 0 unspecified atom stereocenters. The number of fused-ring (bicyclic) bond motifs is 2. The molecule has 8 nitrogen and oxygen atoms in total. The Hall–Kier alpha value is -3.68. The minimum Gasteiger partial charge on any atom is -0.454 e. The topological polar surface area (TPSA) is 106 Å². The summed E-state index contributed by atoms with van der Waals surface area (Å²) in [6, 6.07) is 12.2. The van der Waals surface area contributed by atoms with Crippen molar-refractivity contribution < 1.29 is 14.3 Å². The van der Waals surface area contributed by atoms with Crippen molar-refractivity contribution in [2.24, 2.45) is 5.10 Å². The van der Waals surface area contributed by atoms with Crippen molar-refractivity contribution in [1.82, 2.24) is 15.6 Å². The Morgan fingerprint density at radius 2 is 1.92 bits per heavy atom. The zero-order chi connectivity index (χ0) is 18.1. The number of ether oxygens (including phenoxy) is 2. The van der Waals surface area contributed by atoms with Crippen molar-refractivity contribution in [2.75, 3.05) is 6.79 Å². The van der Waals surface area contributed by atoms with Crippen molar-refractivity contribution in [3.63, 3.8) is 0 Å². The van der Waals surface area contributed by atoms with Gasteiger partial charge in [-0.15, -0.1) is 0 Å². The minimum atomic E-state index is -0.516. The van der Waals surface area contributed by atoms with E-state index in [4.69, 9.17) is 9.47 Å². The van der Waals surface area contributed by atoms with Gasteiger partial charge in [0.2, 0.25) is 6.79 Å². The molecule has 0 saturated carbocycles. The number of hydrogen-bond acceptors (Lipinski definition) is 6. The Labute approximate surface area is 147 Å². The van der Waals surface area contributed by atoms with Gasteiger partial charge in [0.15, 0.2) is 17.2 Å². The van der Waals surface area contributed by atoms with Crippen molar-refractivity contribution >= 4 is 22.4 Å². The van der Waals surface area contributed by atoms with Gasteiger partial charge in [-0.25, -0.2) is 10.5 Å². The lowest BCUT2D eigenvalue weighted by Gasteiger charge is -2.05. The smallest absolute Gasteiger partial charge is 0.292 e. The summed E-state index contributed by atoms with van der Waals surface area (Å²) in [5, 5.41) is 11.1. The number of hydrogen-bond donors (Lipinski definition) is 2. The van der Waals surface area contributed by atoms with E-state index in [2.05, 4.69) is 20.7 Å². The lowest BCUT2D eigenvalue weighted by molar-refractivity contribution is 0.0950. The molecular weight excluding hydrogens is 336 g/mol. The molecule has 0 aliphatic carbocycles. The van der Waals surface area contributed by atoms with E-state index in [0.29, 0.717) is 28.0 Å². The molecule has 0 atom stereocenters. The number of nitrogens with one attached hydrogen (secondary N) is 2. The number of aromatic amines is 1. The first kappa shape index (κ1) is 15.8. The SMILES string of the molecule is C/C(=N/NC(=O)c1n[nH]c(=O)c2ccccc12)c1ccc2c(c1)OCO2. The lowest BCUT2D eigenvalue weighted by Crippen LogP contribution is -2.23. The molecule has 3 aromatic rings. The van der Waals surface area contributed by atoms with Crippen LogP contribution in [0.4, 0.5) is 0 Å². The van der Waals surface area contributed by atoms with Crippen LogP contribution in [0.2, 0.25) is 0 Å². The number of rotatable bonds is 3. The van der Waals surface area contributed by atoms with Crippen LogP contribution in [0.1, 0.15) is 23.0 Å². The first-order valence-electron chi connectivity index (χ1n) is 7.85. The van der Waals surface area contributed by atoms with Crippen LogP contribution in [0, 0.1) is 0 Å². The van der Waals surface area contributed by atoms with E-state index in [-0.39, 0.29) is 18.0 Å². The van der Waals surface area contributed by atoms with Crippen LogP contribution < -0.4 is 20.5 Å². The quantitative estimate of drug-likeness (QED) is 0.553. The Kier molecular flexibility index (Phi) is 3.85. The van der Waals surface area contributed by atoms with Crippen LogP contribution in [0.3, 0.4) is 0 Å². The summed E-state index contributed by atoms with van der Waals surface area (Å²) in [6.07, 6.45) is 0. The van der Waals surface area contributed by atoms with Crippen LogP contribution >= 0.6 is 0 Å². The number of carbonyl (C=O) groups is 1. The monoisotopic (exact) mass is 350 g/mol. The van der Waals surface area contributed by atoms with Crippen molar-refractivity contribution in [2.45, 2.75) is 6.92 Å². The van der Waals surface area contributed by atoms with E-state index in [0.717, 1.165) is 5.56 Å². The van der Waals surface area contributed by atoms with Crippen molar-refractivity contribution in [3.8, 4) is 11.5 Å². The molecule has 130 valence electrons. The van der Waals surface area contributed by atoms with Gasteiger partial charge < -0.3 is 9.47 Å². The summed E-state index contributed by atoms with van der Waals surface area (Å²) in [7, 11) is 0. The molecule has 8 heteroatoms. The average Bonchev–Trinajstić information content (AvgIpc) is 3.14. The third kappa shape index (κ3) is 2.77. The van der Waals surface area contributed by atoms with E-state index >= 15 is 0 Å². The summed E-state index contributed by atoms with van der Waals surface area (Å²) in [4.78, 5) is 24.2. The molecule has 0 fully saturated rings. The number of carbonyl (C=O) groups excluding carboxylic acids is 1. The molecular formula is C18H14N4O4. The maximum atomic E-state index is 12.4. The van der Waals surface area contributed by atoms with Gasteiger partial charge in [-0.1, -0.05) is 18.2 Å². The van der Waals surface area contributed by atoms with E-state index in [1.807, 2.05) is 6.07 Å². The first-order chi connectivity index (χ1) is 12.6. The summed E-state index contributed by atoms with van der Waals surface area (Å²) in [5.41, 5.74) is 3.59. The highest BCUT2D eigenvalue weighted by Crippen LogP contribution is 2.32. The van der Waals surface area contributed by atoms with Crippen LogP contribution in [-0.4, -0.2) is 28.6 Å². The van der Waals surface area contributed by atoms with Crippen molar-refractivity contribution in [3.05, 3.63) is 64.1 Å². The molecule has 1 aliphatic heterocycles. The maximum absolute atomic E-state index is 12.4. The Morgan fingerprint density at radius 1 is 1.15 bits per heavy atom. The molecule has 0 saturated heterocycles. The second kappa shape index (κ2) is 6.32. The molecule has 26 heavy (non-hydrogen) atoms. The van der Waals surface area contributed by atoms with Gasteiger partial charge in [0.1, 0.15) is 0 Å². The summed E-state index contributed by atoms with van der Waals surface area (Å²) >= 11 is 0. The third-order valence-corrected chi connectivity index (χ3v) is 4.03. The highest BCUT2D eigenvalue weighted by atomic mass is 16.7. The summed E-state index contributed by atoms with van der Waals surface area (Å²) in [6.45, 7) is 1.95. The number of benzene rings is 2. The molecule has 1 aliphatic rings. The molecule has 4 rings (SSSR count). The minimum absolute atomic E-state index is 0.0995. The number of H-pyrrole nitrogens is 1. The Morgan fingerprint density at radius 3 is 2.77 bits per heavy atom. The zero-order valence-corrected chi connectivity index (χ0v) is 13.8. The van der Waals surface area contributed by atoms with Gasteiger partial charge in [0.25, 0.3) is 11.5 Å². The fourth-order valence-electron chi connectivity index (χ4n) is 2.66. The normalized spacial score (nSPS) is 13.0. The molecule has 2 N–H and O–H groups in total. The fourth-order valence-corrected chi connectivity index (χ4v) is 2.66. The average molecular weight is 350 g/mol.